The highest BCUT2D eigenvalue weighted by atomic mass is 16.5. The second-order valence-corrected chi connectivity index (χ2v) is 8.55. The van der Waals surface area contributed by atoms with E-state index < -0.39 is 42.6 Å². The maximum Gasteiger partial charge on any atom is 0.340 e. The normalized spacial score (nSPS) is 15.0. The Hall–Kier alpha value is -2.76. The van der Waals surface area contributed by atoms with Gasteiger partial charge in [0.2, 0.25) is 5.91 Å². The zero-order valence-electron chi connectivity index (χ0n) is 19.8. The van der Waals surface area contributed by atoms with Crippen LogP contribution >= 0.6 is 0 Å². The van der Waals surface area contributed by atoms with Gasteiger partial charge in [-0.3, -0.25) is 4.79 Å². The van der Waals surface area contributed by atoms with Gasteiger partial charge < -0.3 is 39.6 Å². The molecule has 2 rings (SSSR count). The number of carbonyl (C=O) groups is 1. The lowest BCUT2D eigenvalue weighted by Gasteiger charge is -2.28. The van der Waals surface area contributed by atoms with E-state index >= 15 is 0 Å². The van der Waals surface area contributed by atoms with Crippen LogP contribution in [-0.2, 0) is 11.2 Å². The van der Waals surface area contributed by atoms with Gasteiger partial charge in [-0.25, -0.2) is 4.79 Å². The number of rotatable bonds is 11. The van der Waals surface area contributed by atoms with E-state index in [-0.39, 0.29) is 18.5 Å². The van der Waals surface area contributed by atoms with Gasteiger partial charge in [-0.2, -0.15) is 0 Å². The Morgan fingerprint density at radius 1 is 1.12 bits per heavy atom. The van der Waals surface area contributed by atoms with Crippen LogP contribution in [0.2, 0.25) is 0 Å². The van der Waals surface area contributed by atoms with Crippen LogP contribution in [0.5, 0.6) is 5.75 Å². The van der Waals surface area contributed by atoms with Gasteiger partial charge in [0.25, 0.3) is 0 Å². The molecule has 0 aliphatic rings. The van der Waals surface area contributed by atoms with E-state index in [9.17, 15) is 30.0 Å². The Morgan fingerprint density at radius 2 is 1.74 bits per heavy atom. The van der Waals surface area contributed by atoms with Crippen molar-refractivity contribution < 1.29 is 39.5 Å². The molecule has 1 heterocycles. The van der Waals surface area contributed by atoms with Crippen molar-refractivity contribution in [3.05, 3.63) is 51.4 Å². The average molecular weight is 480 g/mol. The van der Waals surface area contributed by atoms with E-state index in [0.717, 1.165) is 10.5 Å². The van der Waals surface area contributed by atoms with Crippen molar-refractivity contribution in [2.45, 2.75) is 51.6 Å². The molecule has 0 aliphatic heterocycles. The molecule has 0 spiro atoms. The molecule has 5 N–H and O–H groups in total. The minimum Gasteiger partial charge on any atom is -0.489 e. The molecule has 10 heteroatoms. The van der Waals surface area contributed by atoms with Crippen molar-refractivity contribution in [1.82, 2.24) is 4.90 Å². The minimum absolute atomic E-state index is 0.158. The Bertz CT molecular complexity index is 1090. The summed E-state index contributed by atoms with van der Waals surface area (Å²) in [6.07, 6.45) is -7.15. The van der Waals surface area contributed by atoms with Crippen LogP contribution in [0.15, 0.2) is 33.5 Å². The summed E-state index contributed by atoms with van der Waals surface area (Å²) < 4.78 is 11.2. The fourth-order valence-electron chi connectivity index (χ4n) is 3.47. The number of aliphatic hydroxyl groups excluding tert-OH is 5. The maximum atomic E-state index is 12.7. The van der Waals surface area contributed by atoms with Gasteiger partial charge in [0.1, 0.15) is 42.4 Å². The molecule has 0 fully saturated rings. The largest absolute Gasteiger partial charge is 0.489 e. The van der Waals surface area contributed by atoms with E-state index in [1.165, 1.54) is 7.05 Å². The van der Waals surface area contributed by atoms with Crippen molar-refractivity contribution >= 4 is 16.9 Å². The lowest BCUT2D eigenvalue weighted by Crippen LogP contribution is -2.50. The highest BCUT2D eigenvalue weighted by molar-refractivity contribution is 5.87. The Morgan fingerprint density at radius 3 is 2.32 bits per heavy atom. The minimum atomic E-state index is -1.80. The summed E-state index contributed by atoms with van der Waals surface area (Å²) in [5.74, 6) is 0.0268. The Kier molecular flexibility index (Phi) is 9.37. The molecule has 0 saturated heterocycles. The molecule has 4 unspecified atom stereocenters. The van der Waals surface area contributed by atoms with E-state index in [2.05, 4.69) is 6.58 Å². The Balaban J connectivity index is 2.21. The first kappa shape index (κ1) is 27.5. The van der Waals surface area contributed by atoms with Gasteiger partial charge in [0, 0.05) is 24.5 Å². The molecule has 10 nitrogen and oxygen atoms in total. The second kappa shape index (κ2) is 11.6. The first-order chi connectivity index (χ1) is 15.9. The molecule has 34 heavy (non-hydrogen) atoms. The first-order valence-corrected chi connectivity index (χ1v) is 10.8. The number of likely N-dealkylation sites (N-methyl/N-ethyl adjacent to an activating group) is 1. The summed E-state index contributed by atoms with van der Waals surface area (Å²) in [4.78, 5) is 26.5. The SMILES string of the molecule is C=C(C)COc1ccc2c(C)c(CC(=O)N(C)CC(O)C(O)C(O)C(O)CO)c(=O)oc2c1C. The van der Waals surface area contributed by atoms with Gasteiger partial charge in [-0.15, -0.1) is 0 Å². The summed E-state index contributed by atoms with van der Waals surface area (Å²) in [6, 6.07) is 3.51. The molecule has 0 radical (unpaired) electrons. The summed E-state index contributed by atoms with van der Waals surface area (Å²) in [5, 5.41) is 48.7. The van der Waals surface area contributed by atoms with Crippen LogP contribution in [0.3, 0.4) is 0 Å². The van der Waals surface area contributed by atoms with E-state index in [1.54, 1.807) is 26.0 Å². The number of carbonyl (C=O) groups excluding carboxylic acids is 1. The molecule has 0 bridgehead atoms. The second-order valence-electron chi connectivity index (χ2n) is 8.55. The lowest BCUT2D eigenvalue weighted by molar-refractivity contribution is -0.137. The maximum absolute atomic E-state index is 12.7. The van der Waals surface area contributed by atoms with Gasteiger partial charge >= 0.3 is 5.63 Å². The quantitative estimate of drug-likeness (QED) is 0.217. The van der Waals surface area contributed by atoms with Crippen molar-refractivity contribution in [2.75, 3.05) is 26.8 Å². The molecule has 4 atom stereocenters. The predicted molar refractivity (Wildman–Crippen MR) is 125 cm³/mol. The molecule has 1 aromatic carbocycles. The van der Waals surface area contributed by atoms with Crippen LogP contribution in [0, 0.1) is 13.8 Å². The molecular weight excluding hydrogens is 446 g/mol. The first-order valence-electron chi connectivity index (χ1n) is 10.8. The molecule has 188 valence electrons. The molecule has 2 aromatic rings. The number of hydrogen-bond acceptors (Lipinski definition) is 9. The van der Waals surface area contributed by atoms with Crippen LogP contribution < -0.4 is 10.4 Å². The standard InChI is InChI=1S/C24H33NO9/c1-12(2)11-33-19-7-6-15-13(3)16(24(32)34-23(15)14(19)4)8-20(29)25(5)9-17(27)21(30)22(31)18(28)10-26/h6-7,17-18,21-22,26-28,30-31H,1,8-11H2,2-5H3. The third-order valence-corrected chi connectivity index (χ3v) is 5.67. The molecule has 0 saturated carbocycles. The predicted octanol–water partition coefficient (Wildman–Crippen LogP) is -0.198. The number of fused-ring (bicyclic) bond motifs is 1. The summed E-state index contributed by atoms with van der Waals surface area (Å²) >= 11 is 0. The fourth-order valence-corrected chi connectivity index (χ4v) is 3.47. The van der Waals surface area contributed by atoms with E-state index in [1.807, 2.05) is 6.92 Å². The summed E-state index contributed by atoms with van der Waals surface area (Å²) in [7, 11) is 1.36. The molecule has 1 aromatic heterocycles. The molecule has 1 amide bonds. The van der Waals surface area contributed by atoms with Crippen LogP contribution in [0.4, 0.5) is 0 Å². The molecular formula is C24H33NO9. The van der Waals surface area contributed by atoms with Crippen molar-refractivity contribution in [3.8, 4) is 5.75 Å². The summed E-state index contributed by atoms with van der Waals surface area (Å²) in [5.41, 5.74) is 1.91. The zero-order valence-corrected chi connectivity index (χ0v) is 19.8. The van der Waals surface area contributed by atoms with Crippen molar-refractivity contribution in [2.24, 2.45) is 0 Å². The number of nitrogens with zero attached hydrogens (tertiary/aromatic N) is 1. The van der Waals surface area contributed by atoms with E-state index in [0.29, 0.717) is 34.5 Å². The zero-order chi connectivity index (χ0) is 25.7. The van der Waals surface area contributed by atoms with E-state index in [4.69, 9.17) is 14.3 Å². The molecule has 0 aliphatic carbocycles. The number of amides is 1. The lowest BCUT2D eigenvalue weighted by atomic mass is 10.0. The van der Waals surface area contributed by atoms with Gasteiger partial charge in [-0.05, 0) is 44.0 Å². The number of ether oxygens (including phenoxy) is 1. The van der Waals surface area contributed by atoms with Crippen LogP contribution in [0.1, 0.15) is 23.6 Å². The van der Waals surface area contributed by atoms with Crippen LogP contribution in [0.25, 0.3) is 11.0 Å². The highest BCUT2D eigenvalue weighted by Gasteiger charge is 2.31. The van der Waals surface area contributed by atoms with Crippen molar-refractivity contribution in [3.63, 3.8) is 0 Å². The number of hydrogen-bond donors (Lipinski definition) is 5. The van der Waals surface area contributed by atoms with Crippen molar-refractivity contribution in [1.29, 1.82) is 0 Å². The number of benzene rings is 1. The third-order valence-electron chi connectivity index (χ3n) is 5.67. The highest BCUT2D eigenvalue weighted by Crippen LogP contribution is 2.29. The third kappa shape index (κ3) is 6.22. The van der Waals surface area contributed by atoms with Gasteiger partial charge in [-0.1, -0.05) is 6.58 Å². The van der Waals surface area contributed by atoms with Gasteiger partial charge in [0.05, 0.1) is 18.6 Å². The van der Waals surface area contributed by atoms with Gasteiger partial charge in [0.15, 0.2) is 0 Å². The fraction of sp³-hybridized carbons (Fsp3) is 0.500. The number of aryl methyl sites for hydroxylation is 2. The monoisotopic (exact) mass is 479 g/mol. The Labute approximate surface area is 197 Å². The summed E-state index contributed by atoms with van der Waals surface area (Å²) in [6.45, 7) is 8.24. The van der Waals surface area contributed by atoms with Crippen LogP contribution in [-0.4, -0.2) is 87.6 Å². The number of aliphatic hydroxyl groups is 5. The average Bonchev–Trinajstić information content (AvgIpc) is 2.79. The smallest absolute Gasteiger partial charge is 0.340 e. The topological polar surface area (TPSA) is 161 Å².